The van der Waals surface area contributed by atoms with Crippen LogP contribution in [0.1, 0.15) is 11.1 Å². The smallest absolute Gasteiger partial charge is 0.416 e. The van der Waals surface area contributed by atoms with Crippen LogP contribution in [0.3, 0.4) is 0 Å². The Morgan fingerprint density at radius 1 is 1.14 bits per heavy atom. The fourth-order valence-corrected chi connectivity index (χ4v) is 1.98. The molecule has 0 saturated carbocycles. The SMILES string of the molecule is N#Cc1ccc(Oc2cccc(C(F)(F)F)c2)c(F)c1Br. The second kappa shape index (κ2) is 5.74. The third-order valence-electron chi connectivity index (χ3n) is 2.56. The molecule has 0 aromatic heterocycles. The standard InChI is InChI=1S/C14H6BrF4NO/c15-12-8(7-20)4-5-11(13(12)16)21-10-3-1-2-9(6-10)14(17,18)19/h1-6H. The van der Waals surface area contributed by atoms with Gasteiger partial charge in [-0.2, -0.15) is 18.4 Å². The molecular formula is C14H6BrF4NO. The average molecular weight is 360 g/mol. The van der Waals surface area contributed by atoms with Crippen molar-refractivity contribution in [1.29, 1.82) is 5.26 Å². The van der Waals surface area contributed by atoms with Gasteiger partial charge in [0.2, 0.25) is 0 Å². The zero-order chi connectivity index (χ0) is 15.6. The van der Waals surface area contributed by atoms with Crippen LogP contribution in [0.5, 0.6) is 11.5 Å². The molecule has 2 aromatic carbocycles. The predicted octanol–water partition coefficient (Wildman–Crippen LogP) is 5.27. The van der Waals surface area contributed by atoms with Crippen molar-refractivity contribution in [2.24, 2.45) is 0 Å². The van der Waals surface area contributed by atoms with Gasteiger partial charge in [0.25, 0.3) is 0 Å². The highest BCUT2D eigenvalue weighted by Crippen LogP contribution is 2.35. The summed E-state index contributed by atoms with van der Waals surface area (Å²) in [6, 6.07) is 8.34. The molecule has 0 aliphatic heterocycles. The van der Waals surface area contributed by atoms with Crippen LogP contribution in [-0.4, -0.2) is 0 Å². The summed E-state index contributed by atoms with van der Waals surface area (Å²) in [5, 5.41) is 8.74. The van der Waals surface area contributed by atoms with Crippen molar-refractivity contribution in [3.05, 3.63) is 57.8 Å². The number of ether oxygens (including phenoxy) is 1. The van der Waals surface area contributed by atoms with Crippen LogP contribution in [0.4, 0.5) is 17.6 Å². The zero-order valence-corrected chi connectivity index (χ0v) is 11.8. The fourth-order valence-electron chi connectivity index (χ4n) is 1.56. The van der Waals surface area contributed by atoms with Crippen LogP contribution in [0.15, 0.2) is 40.9 Å². The highest BCUT2D eigenvalue weighted by molar-refractivity contribution is 9.10. The molecule has 0 amide bonds. The number of halogens is 5. The van der Waals surface area contributed by atoms with Gasteiger partial charge in [0.1, 0.15) is 11.8 Å². The Balaban J connectivity index is 2.36. The third kappa shape index (κ3) is 3.34. The minimum absolute atomic E-state index is 0.0592. The van der Waals surface area contributed by atoms with E-state index in [0.717, 1.165) is 18.2 Å². The van der Waals surface area contributed by atoms with E-state index < -0.39 is 17.6 Å². The van der Waals surface area contributed by atoms with Gasteiger partial charge in [-0.3, -0.25) is 0 Å². The van der Waals surface area contributed by atoms with Crippen LogP contribution < -0.4 is 4.74 Å². The predicted molar refractivity (Wildman–Crippen MR) is 70.3 cm³/mol. The molecular weight excluding hydrogens is 354 g/mol. The first-order valence-electron chi connectivity index (χ1n) is 5.56. The van der Waals surface area contributed by atoms with Crippen LogP contribution in [0.25, 0.3) is 0 Å². The highest BCUT2D eigenvalue weighted by Gasteiger charge is 2.30. The van der Waals surface area contributed by atoms with E-state index in [0.29, 0.717) is 0 Å². The normalized spacial score (nSPS) is 11.0. The number of alkyl halides is 3. The summed E-state index contributed by atoms with van der Waals surface area (Å²) >= 11 is 2.89. The van der Waals surface area contributed by atoms with E-state index in [9.17, 15) is 17.6 Å². The summed E-state index contributed by atoms with van der Waals surface area (Å²) in [4.78, 5) is 0. The van der Waals surface area contributed by atoms with E-state index >= 15 is 0 Å². The Kier molecular flexibility index (Phi) is 4.19. The zero-order valence-electron chi connectivity index (χ0n) is 10.2. The number of hydrogen-bond acceptors (Lipinski definition) is 2. The molecule has 0 radical (unpaired) electrons. The Labute approximate surface area is 125 Å². The summed E-state index contributed by atoms with van der Waals surface area (Å²) in [5.74, 6) is -1.29. The van der Waals surface area contributed by atoms with Crippen LogP contribution in [-0.2, 0) is 6.18 Å². The van der Waals surface area contributed by atoms with Gasteiger partial charge < -0.3 is 4.74 Å². The summed E-state index contributed by atoms with van der Waals surface area (Å²) in [7, 11) is 0. The van der Waals surface area contributed by atoms with E-state index in [1.54, 1.807) is 6.07 Å². The van der Waals surface area contributed by atoms with Gasteiger partial charge in [-0.15, -0.1) is 0 Å². The highest BCUT2D eigenvalue weighted by atomic mass is 79.9. The molecule has 0 N–H and O–H groups in total. The van der Waals surface area contributed by atoms with Gasteiger partial charge in [0.15, 0.2) is 11.6 Å². The van der Waals surface area contributed by atoms with Crippen molar-refractivity contribution >= 4 is 15.9 Å². The molecule has 0 fully saturated rings. The summed E-state index contributed by atoms with van der Waals surface area (Å²) in [6.07, 6.45) is -4.51. The summed E-state index contributed by atoms with van der Waals surface area (Å²) in [6.45, 7) is 0. The molecule has 2 aromatic rings. The number of nitrogens with zero attached hydrogens (tertiary/aromatic N) is 1. The second-order valence-corrected chi connectivity index (χ2v) is 4.77. The molecule has 2 rings (SSSR count). The number of benzene rings is 2. The molecule has 0 aliphatic rings. The second-order valence-electron chi connectivity index (χ2n) is 3.98. The van der Waals surface area contributed by atoms with Crippen molar-refractivity contribution in [3.63, 3.8) is 0 Å². The van der Waals surface area contributed by atoms with Crippen LogP contribution >= 0.6 is 15.9 Å². The van der Waals surface area contributed by atoms with Crippen molar-refractivity contribution < 1.29 is 22.3 Å². The molecule has 7 heteroatoms. The van der Waals surface area contributed by atoms with Crippen molar-refractivity contribution in [3.8, 4) is 17.6 Å². The van der Waals surface area contributed by atoms with Gasteiger partial charge in [-0.25, -0.2) is 4.39 Å². The molecule has 0 atom stereocenters. The Hall–Kier alpha value is -2.07. The topological polar surface area (TPSA) is 33.0 Å². The lowest BCUT2D eigenvalue weighted by Gasteiger charge is -2.11. The van der Waals surface area contributed by atoms with Crippen molar-refractivity contribution in [2.75, 3.05) is 0 Å². The van der Waals surface area contributed by atoms with Gasteiger partial charge in [0.05, 0.1) is 15.6 Å². The lowest BCUT2D eigenvalue weighted by Crippen LogP contribution is -2.04. The van der Waals surface area contributed by atoms with Crippen molar-refractivity contribution in [1.82, 2.24) is 0 Å². The van der Waals surface area contributed by atoms with Crippen molar-refractivity contribution in [2.45, 2.75) is 6.18 Å². The summed E-state index contributed by atoms with van der Waals surface area (Å²) in [5.41, 5.74) is -0.836. The van der Waals surface area contributed by atoms with Crippen LogP contribution in [0, 0.1) is 17.1 Å². The minimum atomic E-state index is -4.51. The van der Waals surface area contributed by atoms with Crippen LogP contribution in [0.2, 0.25) is 0 Å². The quantitative estimate of drug-likeness (QED) is 0.684. The molecule has 0 heterocycles. The van der Waals surface area contributed by atoms with E-state index in [-0.39, 0.29) is 21.5 Å². The van der Waals surface area contributed by atoms with E-state index in [2.05, 4.69) is 15.9 Å². The first-order valence-corrected chi connectivity index (χ1v) is 6.35. The Morgan fingerprint density at radius 2 is 1.86 bits per heavy atom. The monoisotopic (exact) mass is 359 g/mol. The molecule has 108 valence electrons. The fraction of sp³-hybridized carbons (Fsp3) is 0.0714. The number of rotatable bonds is 2. The maximum absolute atomic E-state index is 13.9. The lowest BCUT2D eigenvalue weighted by atomic mass is 10.2. The van der Waals surface area contributed by atoms with Gasteiger partial charge in [0, 0.05) is 0 Å². The lowest BCUT2D eigenvalue weighted by molar-refractivity contribution is -0.137. The molecule has 21 heavy (non-hydrogen) atoms. The molecule has 0 unspecified atom stereocenters. The first-order chi connectivity index (χ1) is 9.82. The number of nitriles is 1. The number of hydrogen-bond donors (Lipinski definition) is 0. The molecule has 0 spiro atoms. The van der Waals surface area contributed by atoms with E-state index in [1.807, 2.05) is 0 Å². The average Bonchev–Trinajstić information content (AvgIpc) is 2.44. The van der Waals surface area contributed by atoms with Gasteiger partial charge in [-0.05, 0) is 46.3 Å². The Morgan fingerprint density at radius 3 is 2.48 bits per heavy atom. The first kappa shape index (κ1) is 15.3. The minimum Gasteiger partial charge on any atom is -0.454 e. The van der Waals surface area contributed by atoms with E-state index in [4.69, 9.17) is 10.00 Å². The molecule has 0 saturated heterocycles. The molecule has 0 aliphatic carbocycles. The third-order valence-corrected chi connectivity index (χ3v) is 3.33. The van der Waals surface area contributed by atoms with E-state index in [1.165, 1.54) is 18.2 Å². The molecule has 2 nitrogen and oxygen atoms in total. The Bertz CT molecular complexity index is 722. The molecule has 0 bridgehead atoms. The maximum atomic E-state index is 13.9. The maximum Gasteiger partial charge on any atom is 0.416 e. The summed E-state index contributed by atoms with van der Waals surface area (Å²) < 4.78 is 56.7. The largest absolute Gasteiger partial charge is 0.454 e. The van der Waals surface area contributed by atoms with Gasteiger partial charge >= 0.3 is 6.18 Å². The van der Waals surface area contributed by atoms with Gasteiger partial charge in [-0.1, -0.05) is 6.07 Å².